The van der Waals surface area contributed by atoms with Crippen molar-refractivity contribution in [3.8, 4) is 5.75 Å². The highest BCUT2D eigenvalue weighted by Gasteiger charge is 2.47. The minimum atomic E-state index is -0.947. The largest absolute Gasteiger partial charge is 0.507 e. The van der Waals surface area contributed by atoms with Gasteiger partial charge in [-0.2, -0.15) is 0 Å². The number of hydrogen-bond acceptors (Lipinski definition) is 7. The SMILES string of the molecule is COc1ccc(C)cc1/C(O)=C1\C(=O)C(=O)N(c2ccc(C(=O)OCC(C)C)cc2)C1c1cccnc1. The number of ether oxygens (including phenoxy) is 2. The average molecular weight is 501 g/mol. The van der Waals surface area contributed by atoms with E-state index in [1.54, 1.807) is 60.9 Å². The van der Waals surface area contributed by atoms with E-state index in [-0.39, 0.29) is 17.3 Å². The van der Waals surface area contributed by atoms with E-state index in [4.69, 9.17) is 9.47 Å². The van der Waals surface area contributed by atoms with Crippen LogP contribution in [0.5, 0.6) is 5.75 Å². The number of anilines is 1. The van der Waals surface area contributed by atoms with Gasteiger partial charge in [-0.3, -0.25) is 19.5 Å². The third-order valence-corrected chi connectivity index (χ3v) is 5.98. The Kier molecular flexibility index (Phi) is 7.38. The molecule has 1 amide bonds. The Bertz CT molecular complexity index is 1360. The van der Waals surface area contributed by atoms with Crippen LogP contribution in [-0.4, -0.2) is 41.5 Å². The minimum Gasteiger partial charge on any atom is -0.507 e. The Morgan fingerprint density at radius 1 is 1.11 bits per heavy atom. The lowest BCUT2D eigenvalue weighted by molar-refractivity contribution is -0.132. The number of aromatic nitrogens is 1. The maximum Gasteiger partial charge on any atom is 0.338 e. The summed E-state index contributed by atoms with van der Waals surface area (Å²) < 4.78 is 10.7. The molecule has 1 aliphatic rings. The summed E-state index contributed by atoms with van der Waals surface area (Å²) in [5.74, 6) is -1.90. The standard InChI is InChI=1S/C29H28N2O6/c1-17(2)16-37-29(35)19-8-10-21(11-9-19)31-25(20-6-5-13-30-15-20)24(27(33)28(31)34)26(32)22-14-18(3)7-12-23(22)36-4/h5-15,17,25,32H,16H2,1-4H3/b26-24+. The minimum absolute atomic E-state index is 0.0812. The predicted octanol–water partition coefficient (Wildman–Crippen LogP) is 4.84. The van der Waals surface area contributed by atoms with Crippen molar-refractivity contribution in [2.24, 2.45) is 5.92 Å². The van der Waals surface area contributed by atoms with Crippen LogP contribution in [0.4, 0.5) is 5.69 Å². The summed E-state index contributed by atoms with van der Waals surface area (Å²) in [6.07, 6.45) is 3.12. The summed E-state index contributed by atoms with van der Waals surface area (Å²) in [5, 5.41) is 11.4. The van der Waals surface area contributed by atoms with Gasteiger partial charge in [-0.15, -0.1) is 0 Å². The summed E-state index contributed by atoms with van der Waals surface area (Å²) in [4.78, 5) is 44.5. The fourth-order valence-electron chi connectivity index (χ4n) is 4.19. The lowest BCUT2D eigenvalue weighted by atomic mass is 9.95. The zero-order valence-electron chi connectivity index (χ0n) is 21.1. The number of ketones is 1. The molecule has 2 heterocycles. The van der Waals surface area contributed by atoms with E-state index in [1.165, 1.54) is 12.0 Å². The number of pyridine rings is 1. The van der Waals surface area contributed by atoms with Gasteiger partial charge in [0, 0.05) is 18.1 Å². The number of carbonyl (C=O) groups excluding carboxylic acids is 3. The van der Waals surface area contributed by atoms with E-state index in [2.05, 4.69) is 4.98 Å². The number of benzene rings is 2. The summed E-state index contributed by atoms with van der Waals surface area (Å²) in [7, 11) is 1.46. The Morgan fingerprint density at radius 3 is 2.46 bits per heavy atom. The van der Waals surface area contributed by atoms with Gasteiger partial charge in [0.1, 0.15) is 11.5 Å². The van der Waals surface area contributed by atoms with E-state index in [1.807, 2.05) is 26.8 Å². The van der Waals surface area contributed by atoms with E-state index in [9.17, 15) is 19.5 Å². The first-order chi connectivity index (χ1) is 17.7. The topological polar surface area (TPSA) is 106 Å². The van der Waals surface area contributed by atoms with Crippen LogP contribution in [0.15, 0.2) is 72.6 Å². The number of carbonyl (C=O) groups is 3. The Balaban J connectivity index is 1.82. The van der Waals surface area contributed by atoms with E-state index in [0.717, 1.165) is 5.56 Å². The van der Waals surface area contributed by atoms with Gasteiger partial charge < -0.3 is 14.6 Å². The number of rotatable bonds is 7. The zero-order valence-corrected chi connectivity index (χ0v) is 21.1. The van der Waals surface area contributed by atoms with Crippen molar-refractivity contribution in [3.05, 3.63) is 94.8 Å². The van der Waals surface area contributed by atoms with Crippen molar-refractivity contribution in [3.63, 3.8) is 0 Å². The molecule has 2 aromatic carbocycles. The van der Waals surface area contributed by atoms with Crippen LogP contribution in [0.1, 0.15) is 46.9 Å². The zero-order chi connectivity index (χ0) is 26.7. The molecule has 190 valence electrons. The van der Waals surface area contributed by atoms with Gasteiger partial charge in [-0.1, -0.05) is 31.5 Å². The van der Waals surface area contributed by atoms with Gasteiger partial charge in [-0.05, 0) is 60.9 Å². The number of Topliss-reactive ketones (excluding diaryl/α,β-unsaturated/α-hetero) is 1. The number of amides is 1. The van der Waals surface area contributed by atoms with Crippen molar-refractivity contribution < 1.29 is 29.0 Å². The Hall–Kier alpha value is -4.46. The van der Waals surface area contributed by atoms with Gasteiger partial charge in [-0.25, -0.2) is 4.79 Å². The molecular formula is C29H28N2O6. The molecule has 1 aromatic heterocycles. The first-order valence-corrected chi connectivity index (χ1v) is 11.9. The number of esters is 1. The third-order valence-electron chi connectivity index (χ3n) is 5.98. The summed E-state index contributed by atoms with van der Waals surface area (Å²) in [6.45, 7) is 6.02. The molecular weight excluding hydrogens is 472 g/mol. The first kappa shape index (κ1) is 25.6. The van der Waals surface area contributed by atoms with Gasteiger partial charge in [0.15, 0.2) is 0 Å². The smallest absolute Gasteiger partial charge is 0.338 e. The summed E-state index contributed by atoms with van der Waals surface area (Å²) in [6, 6.07) is 13.9. The molecule has 0 radical (unpaired) electrons. The fourth-order valence-corrected chi connectivity index (χ4v) is 4.19. The molecule has 4 rings (SSSR count). The number of aliphatic hydroxyl groups excluding tert-OH is 1. The van der Waals surface area contributed by atoms with Gasteiger partial charge in [0.25, 0.3) is 11.7 Å². The monoisotopic (exact) mass is 500 g/mol. The maximum atomic E-state index is 13.4. The van der Waals surface area contributed by atoms with Crippen LogP contribution in [0, 0.1) is 12.8 Å². The highest BCUT2D eigenvalue weighted by Crippen LogP contribution is 2.43. The number of hydrogen-bond donors (Lipinski definition) is 1. The first-order valence-electron chi connectivity index (χ1n) is 11.9. The molecule has 0 aliphatic carbocycles. The lowest BCUT2D eigenvalue weighted by Crippen LogP contribution is -2.29. The van der Waals surface area contributed by atoms with Crippen molar-refractivity contribution in [2.45, 2.75) is 26.8 Å². The molecule has 0 spiro atoms. The molecule has 1 fully saturated rings. The molecule has 8 heteroatoms. The van der Waals surface area contributed by atoms with Crippen molar-refractivity contribution >= 4 is 29.1 Å². The average Bonchev–Trinajstić information content (AvgIpc) is 3.17. The third kappa shape index (κ3) is 5.09. The molecule has 1 atom stereocenters. The van der Waals surface area contributed by atoms with E-state index >= 15 is 0 Å². The van der Waals surface area contributed by atoms with Crippen molar-refractivity contribution in [2.75, 3.05) is 18.6 Å². The molecule has 1 saturated heterocycles. The van der Waals surface area contributed by atoms with Crippen LogP contribution in [0.3, 0.4) is 0 Å². The molecule has 8 nitrogen and oxygen atoms in total. The molecule has 0 bridgehead atoms. The Morgan fingerprint density at radius 2 is 1.84 bits per heavy atom. The lowest BCUT2D eigenvalue weighted by Gasteiger charge is -2.25. The van der Waals surface area contributed by atoms with Crippen molar-refractivity contribution in [1.82, 2.24) is 4.98 Å². The van der Waals surface area contributed by atoms with Crippen molar-refractivity contribution in [1.29, 1.82) is 0 Å². The van der Waals surface area contributed by atoms with E-state index in [0.29, 0.717) is 34.7 Å². The quantitative estimate of drug-likeness (QED) is 0.214. The predicted molar refractivity (Wildman–Crippen MR) is 138 cm³/mol. The molecule has 1 unspecified atom stereocenters. The maximum absolute atomic E-state index is 13.4. The second-order valence-electron chi connectivity index (χ2n) is 9.20. The van der Waals surface area contributed by atoms with Gasteiger partial charge in [0.2, 0.25) is 0 Å². The molecule has 1 N–H and O–H groups in total. The van der Waals surface area contributed by atoms with Crippen LogP contribution in [-0.2, 0) is 14.3 Å². The molecule has 1 aliphatic heterocycles. The molecule has 3 aromatic rings. The molecule has 0 saturated carbocycles. The number of aliphatic hydroxyl groups is 1. The van der Waals surface area contributed by atoms with Gasteiger partial charge >= 0.3 is 5.97 Å². The highest BCUT2D eigenvalue weighted by atomic mass is 16.5. The number of methoxy groups -OCH3 is 1. The van der Waals surface area contributed by atoms with E-state index < -0.39 is 23.7 Å². The second kappa shape index (κ2) is 10.7. The van der Waals surface area contributed by atoms with Crippen LogP contribution < -0.4 is 9.64 Å². The number of nitrogens with zero attached hydrogens (tertiary/aromatic N) is 2. The van der Waals surface area contributed by atoms with Crippen LogP contribution in [0.2, 0.25) is 0 Å². The summed E-state index contributed by atoms with van der Waals surface area (Å²) in [5.41, 5.74) is 2.31. The highest BCUT2D eigenvalue weighted by molar-refractivity contribution is 6.51. The van der Waals surface area contributed by atoms with Crippen LogP contribution in [0.25, 0.3) is 5.76 Å². The normalized spacial score (nSPS) is 16.8. The van der Waals surface area contributed by atoms with Gasteiger partial charge in [0.05, 0.1) is 36.5 Å². The number of aryl methyl sites for hydroxylation is 1. The summed E-state index contributed by atoms with van der Waals surface area (Å²) >= 11 is 0. The fraction of sp³-hybridized carbons (Fsp3) is 0.241. The Labute approximate surface area is 215 Å². The molecule has 37 heavy (non-hydrogen) atoms. The second-order valence-corrected chi connectivity index (χ2v) is 9.20. The van der Waals surface area contributed by atoms with Crippen LogP contribution >= 0.6 is 0 Å².